The summed E-state index contributed by atoms with van der Waals surface area (Å²) >= 11 is 7.91. The highest BCUT2D eigenvalue weighted by Gasteiger charge is 2.23. The molecule has 3 aromatic heterocycles. The number of anilines is 2. The molecule has 11 heteroatoms. The minimum Gasteiger partial charge on any atom is -0.462 e. The number of ether oxygens (including phenoxy) is 2. The van der Waals surface area contributed by atoms with E-state index in [1.165, 1.54) is 12.4 Å². The Bertz CT molecular complexity index is 1140. The second-order valence-corrected chi connectivity index (χ2v) is 10.7. The van der Waals surface area contributed by atoms with E-state index in [2.05, 4.69) is 56.6 Å². The number of hydrogen-bond acceptors (Lipinski definition) is 10. The van der Waals surface area contributed by atoms with Crippen LogP contribution in [0.25, 0.3) is 10.2 Å². The highest BCUT2D eigenvalue weighted by atomic mass is 35.5. The van der Waals surface area contributed by atoms with Gasteiger partial charge in [0.2, 0.25) is 11.2 Å². The van der Waals surface area contributed by atoms with E-state index in [4.69, 9.17) is 21.1 Å². The molecular weight excluding hydrogens is 476 g/mol. The van der Waals surface area contributed by atoms with E-state index in [9.17, 15) is 4.79 Å². The maximum absolute atomic E-state index is 12.0. The molecule has 0 atom stereocenters. The van der Waals surface area contributed by atoms with E-state index in [0.717, 1.165) is 40.5 Å². The summed E-state index contributed by atoms with van der Waals surface area (Å²) in [4.78, 5) is 35.3. The maximum atomic E-state index is 12.0. The van der Waals surface area contributed by atoms with Crippen LogP contribution in [0, 0.1) is 5.41 Å². The predicted octanol–water partition coefficient (Wildman–Crippen LogP) is 4.20. The number of halogens is 1. The zero-order valence-corrected chi connectivity index (χ0v) is 21.4. The molecule has 0 radical (unpaired) electrons. The number of aromatic nitrogens is 4. The quantitative estimate of drug-likeness (QED) is 0.346. The molecule has 0 N–H and O–H groups in total. The SMILES string of the molecule is CCOC(=O)c1cnc(N(Cc2cc3nc(Cl)nc(N4CCOCC4)c3s2)CC(C)(C)C)nc1. The Labute approximate surface area is 208 Å². The molecule has 0 amide bonds. The van der Waals surface area contributed by atoms with Crippen LogP contribution >= 0.6 is 22.9 Å². The highest BCUT2D eigenvalue weighted by Crippen LogP contribution is 2.34. The number of esters is 1. The lowest BCUT2D eigenvalue weighted by Crippen LogP contribution is -2.36. The van der Waals surface area contributed by atoms with E-state index >= 15 is 0 Å². The van der Waals surface area contributed by atoms with Gasteiger partial charge in [0.15, 0.2) is 5.82 Å². The van der Waals surface area contributed by atoms with Gasteiger partial charge in [-0.2, -0.15) is 4.98 Å². The van der Waals surface area contributed by atoms with Crippen molar-refractivity contribution in [3.63, 3.8) is 0 Å². The molecule has 1 aliphatic rings. The smallest absolute Gasteiger partial charge is 0.341 e. The van der Waals surface area contributed by atoms with Gasteiger partial charge in [0.1, 0.15) is 0 Å². The zero-order chi connectivity index (χ0) is 24.3. The Morgan fingerprint density at radius 3 is 2.59 bits per heavy atom. The van der Waals surface area contributed by atoms with Gasteiger partial charge in [-0.15, -0.1) is 11.3 Å². The van der Waals surface area contributed by atoms with Crippen molar-refractivity contribution < 1.29 is 14.3 Å². The first-order valence-corrected chi connectivity index (χ1v) is 12.5. The van der Waals surface area contributed by atoms with Crippen LogP contribution in [0.3, 0.4) is 0 Å². The molecule has 0 aromatic carbocycles. The second-order valence-electron chi connectivity index (χ2n) is 9.25. The van der Waals surface area contributed by atoms with Gasteiger partial charge in [0.05, 0.1) is 42.1 Å². The molecule has 1 fully saturated rings. The van der Waals surface area contributed by atoms with Crippen molar-refractivity contribution in [2.75, 3.05) is 49.3 Å². The molecule has 0 unspecified atom stereocenters. The van der Waals surface area contributed by atoms with E-state index in [0.29, 0.717) is 37.9 Å². The van der Waals surface area contributed by atoms with Crippen molar-refractivity contribution in [1.29, 1.82) is 0 Å². The summed E-state index contributed by atoms with van der Waals surface area (Å²) < 4.78 is 11.5. The number of rotatable bonds is 7. The van der Waals surface area contributed by atoms with Crippen LogP contribution in [-0.4, -0.2) is 65.4 Å². The van der Waals surface area contributed by atoms with Crippen LogP contribution < -0.4 is 9.80 Å². The summed E-state index contributed by atoms with van der Waals surface area (Å²) in [6, 6.07) is 2.06. The first-order chi connectivity index (χ1) is 16.2. The number of hydrogen-bond donors (Lipinski definition) is 0. The first kappa shape index (κ1) is 24.6. The van der Waals surface area contributed by atoms with Gasteiger partial charge in [-0.25, -0.2) is 19.7 Å². The van der Waals surface area contributed by atoms with Gasteiger partial charge in [0.25, 0.3) is 0 Å². The lowest BCUT2D eigenvalue weighted by Gasteiger charge is -2.29. The van der Waals surface area contributed by atoms with E-state index in [-0.39, 0.29) is 10.7 Å². The Balaban J connectivity index is 1.63. The van der Waals surface area contributed by atoms with Crippen LogP contribution in [0.2, 0.25) is 5.28 Å². The summed E-state index contributed by atoms with van der Waals surface area (Å²) in [5.74, 6) is 0.983. The topological polar surface area (TPSA) is 93.6 Å². The first-order valence-electron chi connectivity index (χ1n) is 11.3. The number of nitrogens with zero attached hydrogens (tertiary/aromatic N) is 6. The van der Waals surface area contributed by atoms with Gasteiger partial charge in [-0.1, -0.05) is 20.8 Å². The second kappa shape index (κ2) is 10.4. The molecule has 3 aromatic rings. The fourth-order valence-electron chi connectivity index (χ4n) is 3.77. The number of carbonyl (C=O) groups is 1. The van der Waals surface area contributed by atoms with E-state index in [1.807, 2.05) is 0 Å². The van der Waals surface area contributed by atoms with Crippen LogP contribution in [0.4, 0.5) is 11.8 Å². The average Bonchev–Trinajstić information content (AvgIpc) is 3.20. The summed E-state index contributed by atoms with van der Waals surface area (Å²) in [7, 11) is 0. The molecule has 0 saturated carbocycles. The van der Waals surface area contributed by atoms with E-state index < -0.39 is 5.97 Å². The highest BCUT2D eigenvalue weighted by molar-refractivity contribution is 7.19. The standard InChI is InChI=1S/C23H29ClN6O3S/c1-5-33-20(31)15-11-25-22(26-12-15)30(14-23(2,3)4)13-16-10-17-18(34-16)19(28-21(24)27-17)29-6-8-32-9-7-29/h10-12H,5-9,13-14H2,1-4H3. The molecule has 0 aliphatic carbocycles. The van der Waals surface area contributed by atoms with Crippen molar-refractivity contribution >= 4 is 50.9 Å². The number of carbonyl (C=O) groups excluding carboxylic acids is 1. The summed E-state index contributed by atoms with van der Waals surface area (Å²) in [6.45, 7) is 12.8. The fraction of sp³-hybridized carbons (Fsp3) is 0.522. The molecule has 34 heavy (non-hydrogen) atoms. The Morgan fingerprint density at radius 2 is 1.94 bits per heavy atom. The summed E-state index contributed by atoms with van der Waals surface area (Å²) in [5.41, 5.74) is 1.17. The van der Waals surface area contributed by atoms with Crippen LogP contribution in [0.1, 0.15) is 42.9 Å². The van der Waals surface area contributed by atoms with Gasteiger partial charge in [-0.05, 0) is 30.0 Å². The minimum absolute atomic E-state index is 0.00191. The van der Waals surface area contributed by atoms with Gasteiger partial charge in [-0.3, -0.25) is 0 Å². The third-order valence-electron chi connectivity index (χ3n) is 5.13. The van der Waals surface area contributed by atoms with Crippen molar-refractivity contribution in [2.24, 2.45) is 5.41 Å². The Hall–Kier alpha value is -2.56. The van der Waals surface area contributed by atoms with Crippen LogP contribution in [0.5, 0.6) is 0 Å². The zero-order valence-electron chi connectivity index (χ0n) is 19.9. The number of thiophene rings is 1. The molecule has 182 valence electrons. The van der Waals surface area contributed by atoms with Gasteiger partial charge in [0, 0.05) is 36.9 Å². The fourth-order valence-corrected chi connectivity index (χ4v) is 5.07. The summed E-state index contributed by atoms with van der Waals surface area (Å²) in [6.07, 6.45) is 3.03. The van der Waals surface area contributed by atoms with Gasteiger partial charge < -0.3 is 19.3 Å². The Morgan fingerprint density at radius 1 is 1.24 bits per heavy atom. The minimum atomic E-state index is -0.424. The molecule has 1 saturated heterocycles. The van der Waals surface area contributed by atoms with Crippen molar-refractivity contribution in [2.45, 2.75) is 34.2 Å². The van der Waals surface area contributed by atoms with Crippen molar-refractivity contribution in [3.8, 4) is 0 Å². The van der Waals surface area contributed by atoms with Crippen molar-refractivity contribution in [3.05, 3.63) is 34.2 Å². The molecule has 4 rings (SSSR count). The lowest BCUT2D eigenvalue weighted by molar-refractivity contribution is 0.0525. The number of fused-ring (bicyclic) bond motifs is 1. The molecule has 9 nitrogen and oxygen atoms in total. The molecule has 0 spiro atoms. The van der Waals surface area contributed by atoms with E-state index in [1.54, 1.807) is 18.3 Å². The predicted molar refractivity (Wildman–Crippen MR) is 134 cm³/mol. The van der Waals surface area contributed by atoms with Crippen LogP contribution in [0.15, 0.2) is 18.5 Å². The largest absolute Gasteiger partial charge is 0.462 e. The molecule has 0 bridgehead atoms. The summed E-state index contributed by atoms with van der Waals surface area (Å²) in [5, 5.41) is 0.239. The maximum Gasteiger partial charge on any atom is 0.341 e. The third-order valence-corrected chi connectivity index (χ3v) is 6.41. The molecule has 4 heterocycles. The molecule has 1 aliphatic heterocycles. The Kier molecular flexibility index (Phi) is 7.49. The normalized spacial score (nSPS) is 14.4. The number of morpholine rings is 1. The van der Waals surface area contributed by atoms with Crippen LogP contribution in [-0.2, 0) is 16.0 Å². The van der Waals surface area contributed by atoms with Crippen molar-refractivity contribution in [1.82, 2.24) is 19.9 Å². The third kappa shape index (κ3) is 5.92. The van der Waals surface area contributed by atoms with Gasteiger partial charge >= 0.3 is 5.97 Å². The average molecular weight is 505 g/mol. The lowest BCUT2D eigenvalue weighted by atomic mass is 9.96. The monoisotopic (exact) mass is 504 g/mol. The molecular formula is C23H29ClN6O3S.